The van der Waals surface area contributed by atoms with Crippen molar-refractivity contribution >= 4 is 10.9 Å². The number of hydrogen-bond acceptors (Lipinski definition) is 1. The average molecular weight is 320 g/mol. The summed E-state index contributed by atoms with van der Waals surface area (Å²) in [7, 11) is 0. The summed E-state index contributed by atoms with van der Waals surface area (Å²) in [4.78, 5) is 3.66. The van der Waals surface area contributed by atoms with Gasteiger partial charge in [0.15, 0.2) is 0 Å². The number of aromatic amines is 1. The first-order valence-electron chi connectivity index (χ1n) is 9.22. The topological polar surface area (TPSA) is 41.8 Å². The molecule has 0 saturated carbocycles. The van der Waals surface area contributed by atoms with Crippen molar-refractivity contribution in [3.63, 3.8) is 0 Å². The first-order chi connectivity index (χ1) is 11.8. The predicted octanol–water partition coefficient (Wildman–Crippen LogP) is 5.46. The summed E-state index contributed by atoms with van der Waals surface area (Å²) < 4.78 is 0. The number of unbranched alkanes of at least 4 members (excludes halogenated alkanes) is 2. The Bertz CT molecular complexity index is 771. The largest absolute Gasteiger partial charge is 0.354 e. The van der Waals surface area contributed by atoms with Crippen molar-refractivity contribution in [3.8, 4) is 11.3 Å². The number of H-pyrrole nitrogens is 1. The lowest BCUT2D eigenvalue weighted by atomic mass is 9.99. The zero-order chi connectivity index (χ0) is 16.8. The molecule has 3 N–H and O–H groups in total. The third-order valence-corrected chi connectivity index (χ3v) is 4.67. The smallest absolute Gasteiger partial charge is 0.0491 e. The van der Waals surface area contributed by atoms with Crippen LogP contribution in [-0.4, -0.2) is 11.5 Å². The highest BCUT2D eigenvalue weighted by Gasteiger charge is 2.09. The van der Waals surface area contributed by atoms with E-state index in [4.69, 9.17) is 5.73 Å². The van der Waals surface area contributed by atoms with Crippen molar-refractivity contribution in [2.45, 2.75) is 45.4 Å². The molecule has 2 nitrogen and oxygen atoms in total. The van der Waals surface area contributed by atoms with Crippen molar-refractivity contribution in [2.75, 3.05) is 6.54 Å². The monoisotopic (exact) mass is 320 g/mol. The van der Waals surface area contributed by atoms with Crippen molar-refractivity contribution in [3.05, 3.63) is 59.7 Å². The number of nitrogens with one attached hydrogen (secondary N) is 1. The molecule has 1 aromatic heterocycles. The minimum atomic E-state index is 0.776. The van der Waals surface area contributed by atoms with E-state index in [0.717, 1.165) is 25.8 Å². The van der Waals surface area contributed by atoms with Gasteiger partial charge in [-0.15, -0.1) is 0 Å². The van der Waals surface area contributed by atoms with Gasteiger partial charge in [0.1, 0.15) is 0 Å². The Morgan fingerprint density at radius 1 is 0.917 bits per heavy atom. The van der Waals surface area contributed by atoms with Crippen LogP contribution in [0.5, 0.6) is 0 Å². The third-order valence-electron chi connectivity index (χ3n) is 4.67. The summed E-state index contributed by atoms with van der Waals surface area (Å²) in [5.41, 5.74) is 12.3. The van der Waals surface area contributed by atoms with Crippen molar-refractivity contribution in [1.29, 1.82) is 0 Å². The van der Waals surface area contributed by atoms with Gasteiger partial charge in [0.2, 0.25) is 0 Å². The van der Waals surface area contributed by atoms with Crippen LogP contribution in [0.3, 0.4) is 0 Å². The Morgan fingerprint density at radius 3 is 2.50 bits per heavy atom. The predicted molar refractivity (Wildman–Crippen MR) is 104 cm³/mol. The number of benzene rings is 2. The number of hydrogen-bond donors (Lipinski definition) is 2. The summed E-state index contributed by atoms with van der Waals surface area (Å²) in [5.74, 6) is 0. The fraction of sp³-hybridized carbons (Fsp3) is 0.364. The molecule has 24 heavy (non-hydrogen) atoms. The molecular formula is C22H28N2. The summed E-state index contributed by atoms with van der Waals surface area (Å²) in [5, 5.41) is 1.34. The van der Waals surface area contributed by atoms with Gasteiger partial charge in [0, 0.05) is 16.6 Å². The SMILES string of the molecule is CCCCc1cc(CCCCN)c2[nH]c(-c3ccccc3)cc2c1. The standard InChI is InChI=1S/C22H28N2/c1-2-3-9-17-14-19(12-7-8-13-23)22-20(15-17)16-21(24-22)18-10-5-4-6-11-18/h4-6,10-11,14-16,24H,2-3,7-9,12-13,23H2,1H3. The second kappa shape index (κ2) is 8.16. The molecule has 0 aliphatic heterocycles. The highest BCUT2D eigenvalue weighted by Crippen LogP contribution is 2.29. The molecule has 2 heteroatoms. The molecule has 3 aromatic rings. The fourth-order valence-corrected chi connectivity index (χ4v) is 3.34. The van der Waals surface area contributed by atoms with E-state index in [1.807, 2.05) is 0 Å². The molecule has 2 aromatic carbocycles. The maximum absolute atomic E-state index is 5.67. The van der Waals surface area contributed by atoms with Crippen molar-refractivity contribution < 1.29 is 0 Å². The van der Waals surface area contributed by atoms with E-state index < -0.39 is 0 Å². The minimum absolute atomic E-state index is 0.776. The highest BCUT2D eigenvalue weighted by molar-refractivity contribution is 5.89. The van der Waals surface area contributed by atoms with E-state index >= 15 is 0 Å². The Morgan fingerprint density at radius 2 is 1.75 bits per heavy atom. The number of nitrogens with two attached hydrogens (primary N) is 1. The molecule has 0 radical (unpaired) electrons. The molecule has 0 unspecified atom stereocenters. The third kappa shape index (κ3) is 3.88. The zero-order valence-electron chi connectivity index (χ0n) is 14.6. The van der Waals surface area contributed by atoms with E-state index in [1.54, 1.807) is 0 Å². The Labute approximate surface area is 145 Å². The summed E-state index contributed by atoms with van der Waals surface area (Å²) >= 11 is 0. The molecular weight excluding hydrogens is 292 g/mol. The second-order valence-corrected chi connectivity index (χ2v) is 6.62. The molecule has 0 bridgehead atoms. The van der Waals surface area contributed by atoms with Gasteiger partial charge < -0.3 is 10.7 Å². The molecule has 126 valence electrons. The lowest BCUT2D eigenvalue weighted by Gasteiger charge is -2.08. The van der Waals surface area contributed by atoms with Gasteiger partial charge in [-0.3, -0.25) is 0 Å². The van der Waals surface area contributed by atoms with Gasteiger partial charge in [-0.05, 0) is 67.5 Å². The molecule has 0 atom stereocenters. The normalized spacial score (nSPS) is 11.2. The van der Waals surface area contributed by atoms with Crippen LogP contribution < -0.4 is 5.73 Å². The Hall–Kier alpha value is -2.06. The van der Waals surface area contributed by atoms with E-state index in [1.165, 1.54) is 52.5 Å². The number of fused-ring (bicyclic) bond motifs is 1. The highest BCUT2D eigenvalue weighted by atomic mass is 14.7. The molecule has 0 amide bonds. The van der Waals surface area contributed by atoms with Gasteiger partial charge in [-0.1, -0.05) is 49.7 Å². The molecule has 0 aliphatic rings. The Balaban J connectivity index is 1.99. The summed E-state index contributed by atoms with van der Waals surface area (Å²) in [6.45, 7) is 3.03. The first kappa shape index (κ1) is 16.8. The van der Waals surface area contributed by atoms with E-state index in [0.29, 0.717) is 0 Å². The molecule has 0 fully saturated rings. The van der Waals surface area contributed by atoms with Crippen LogP contribution in [0.25, 0.3) is 22.2 Å². The van der Waals surface area contributed by atoms with Crippen molar-refractivity contribution in [1.82, 2.24) is 4.98 Å². The maximum atomic E-state index is 5.67. The lowest BCUT2D eigenvalue weighted by molar-refractivity contribution is 0.744. The fourth-order valence-electron chi connectivity index (χ4n) is 3.34. The minimum Gasteiger partial charge on any atom is -0.354 e. The van der Waals surface area contributed by atoms with Crippen LogP contribution in [0.1, 0.15) is 43.7 Å². The van der Waals surface area contributed by atoms with Crippen LogP contribution in [0.15, 0.2) is 48.5 Å². The zero-order valence-corrected chi connectivity index (χ0v) is 14.6. The van der Waals surface area contributed by atoms with Crippen LogP contribution >= 0.6 is 0 Å². The molecule has 0 spiro atoms. The van der Waals surface area contributed by atoms with E-state index in [2.05, 4.69) is 60.4 Å². The molecule has 1 heterocycles. The second-order valence-electron chi connectivity index (χ2n) is 6.62. The van der Waals surface area contributed by atoms with E-state index in [9.17, 15) is 0 Å². The molecule has 0 aliphatic carbocycles. The van der Waals surface area contributed by atoms with Crippen LogP contribution in [-0.2, 0) is 12.8 Å². The van der Waals surface area contributed by atoms with Gasteiger partial charge in [-0.2, -0.15) is 0 Å². The number of rotatable bonds is 8. The summed E-state index contributed by atoms with van der Waals surface area (Å²) in [6, 6.07) is 17.6. The number of aromatic nitrogens is 1. The maximum Gasteiger partial charge on any atom is 0.0491 e. The van der Waals surface area contributed by atoms with Gasteiger partial charge in [0.25, 0.3) is 0 Å². The average Bonchev–Trinajstić information content (AvgIpc) is 3.05. The van der Waals surface area contributed by atoms with E-state index in [-0.39, 0.29) is 0 Å². The van der Waals surface area contributed by atoms with Crippen LogP contribution in [0.4, 0.5) is 0 Å². The molecule has 3 rings (SSSR count). The first-order valence-corrected chi connectivity index (χ1v) is 9.22. The summed E-state index contributed by atoms with van der Waals surface area (Å²) in [6.07, 6.45) is 7.01. The van der Waals surface area contributed by atoms with Crippen molar-refractivity contribution in [2.24, 2.45) is 5.73 Å². The van der Waals surface area contributed by atoms with Gasteiger partial charge in [0.05, 0.1) is 0 Å². The quantitative estimate of drug-likeness (QED) is 0.532. The van der Waals surface area contributed by atoms with Gasteiger partial charge in [-0.25, -0.2) is 0 Å². The van der Waals surface area contributed by atoms with Gasteiger partial charge >= 0.3 is 0 Å². The van der Waals surface area contributed by atoms with Crippen LogP contribution in [0, 0.1) is 0 Å². The molecule has 0 saturated heterocycles. The number of aryl methyl sites for hydroxylation is 2. The van der Waals surface area contributed by atoms with Crippen LogP contribution in [0.2, 0.25) is 0 Å². The lowest BCUT2D eigenvalue weighted by Crippen LogP contribution is -1.99. The Kier molecular flexibility index (Phi) is 5.71.